The van der Waals surface area contributed by atoms with Gasteiger partial charge in [-0.25, -0.2) is 0 Å². The predicted molar refractivity (Wildman–Crippen MR) is 66.8 cm³/mol. The Balaban J connectivity index is 2.44. The number of nitrogens with one attached hydrogen (secondary N) is 2. The number of nitrogens with two attached hydrogens (primary N) is 1. The largest absolute Gasteiger partial charge is 0.368 e. The average Bonchev–Trinajstić information content (AvgIpc) is 2.29. The molecule has 17 heavy (non-hydrogen) atoms. The number of amides is 1. The molecule has 0 aliphatic heterocycles. The fourth-order valence-electron chi connectivity index (χ4n) is 1.59. The van der Waals surface area contributed by atoms with Crippen molar-refractivity contribution >= 4 is 22.5 Å². The molecule has 0 saturated carbocycles. The Morgan fingerprint density at radius 1 is 1.41 bits per heavy atom. The molecule has 4 N–H and O–H groups in total. The first kappa shape index (κ1) is 11.2. The average molecular weight is 231 g/mol. The van der Waals surface area contributed by atoms with Gasteiger partial charge in [0, 0.05) is 5.39 Å². The van der Waals surface area contributed by atoms with Crippen LogP contribution in [-0.4, -0.2) is 16.9 Å². The number of hydrogen-bond acceptors (Lipinski definition) is 3. The van der Waals surface area contributed by atoms with Crippen LogP contribution in [0.15, 0.2) is 35.1 Å². The van der Waals surface area contributed by atoms with Crippen LogP contribution < -0.4 is 16.6 Å². The van der Waals surface area contributed by atoms with E-state index >= 15 is 0 Å². The number of aromatic amines is 1. The molecule has 0 aliphatic rings. The fourth-order valence-corrected chi connectivity index (χ4v) is 1.59. The molecule has 1 atom stereocenters. The molecule has 2 aromatic rings. The van der Waals surface area contributed by atoms with Crippen LogP contribution >= 0.6 is 0 Å². The van der Waals surface area contributed by atoms with E-state index in [0.29, 0.717) is 11.2 Å². The van der Waals surface area contributed by atoms with Crippen LogP contribution in [0.1, 0.15) is 6.92 Å². The lowest BCUT2D eigenvalue weighted by molar-refractivity contribution is -0.118. The molecule has 1 heterocycles. The Hall–Kier alpha value is -2.30. The predicted octanol–water partition coefficient (Wildman–Crippen LogP) is 0.814. The maximum atomic E-state index is 11.7. The van der Waals surface area contributed by atoms with Gasteiger partial charge in [-0.3, -0.25) is 9.59 Å². The van der Waals surface area contributed by atoms with E-state index in [0.717, 1.165) is 5.39 Å². The standard InChI is InChI=1S/C12H13N3O2/c1-7(11(13)16)14-10-6-8-4-2-3-5-9(8)12(17)15-10/h2-7H,1H3,(H2,13,16)(H2,14,15,17). The summed E-state index contributed by atoms with van der Waals surface area (Å²) in [5.41, 5.74) is 4.95. The van der Waals surface area contributed by atoms with Gasteiger partial charge in [-0.15, -0.1) is 0 Å². The lowest BCUT2D eigenvalue weighted by Gasteiger charge is -2.11. The van der Waals surface area contributed by atoms with Crippen LogP contribution in [0.2, 0.25) is 0 Å². The number of fused-ring (bicyclic) bond motifs is 1. The Morgan fingerprint density at radius 3 is 2.82 bits per heavy atom. The molecular formula is C12H13N3O2. The van der Waals surface area contributed by atoms with Crippen molar-refractivity contribution in [3.8, 4) is 0 Å². The summed E-state index contributed by atoms with van der Waals surface area (Å²) in [7, 11) is 0. The van der Waals surface area contributed by atoms with Crippen molar-refractivity contribution in [2.45, 2.75) is 13.0 Å². The molecule has 1 amide bonds. The van der Waals surface area contributed by atoms with E-state index in [1.807, 2.05) is 12.1 Å². The number of carbonyl (C=O) groups is 1. The minimum Gasteiger partial charge on any atom is -0.368 e. The Labute approximate surface area is 97.6 Å². The highest BCUT2D eigenvalue weighted by molar-refractivity contribution is 5.85. The minimum atomic E-state index is -0.535. The van der Waals surface area contributed by atoms with E-state index in [9.17, 15) is 9.59 Å². The molecule has 1 unspecified atom stereocenters. The summed E-state index contributed by atoms with van der Waals surface area (Å²) in [6.45, 7) is 1.63. The summed E-state index contributed by atoms with van der Waals surface area (Å²) >= 11 is 0. The van der Waals surface area contributed by atoms with Gasteiger partial charge in [0.1, 0.15) is 11.9 Å². The first-order valence-corrected chi connectivity index (χ1v) is 5.26. The zero-order valence-corrected chi connectivity index (χ0v) is 9.36. The minimum absolute atomic E-state index is 0.192. The summed E-state index contributed by atoms with van der Waals surface area (Å²) in [6, 6.07) is 8.47. The van der Waals surface area contributed by atoms with Gasteiger partial charge in [0.05, 0.1) is 0 Å². The molecule has 0 bridgehead atoms. The van der Waals surface area contributed by atoms with Gasteiger partial charge < -0.3 is 16.0 Å². The van der Waals surface area contributed by atoms with Crippen molar-refractivity contribution < 1.29 is 4.79 Å². The zero-order valence-electron chi connectivity index (χ0n) is 9.36. The molecule has 2 rings (SSSR count). The van der Waals surface area contributed by atoms with Crippen molar-refractivity contribution in [1.29, 1.82) is 0 Å². The quantitative estimate of drug-likeness (QED) is 0.730. The van der Waals surface area contributed by atoms with E-state index in [2.05, 4.69) is 10.3 Å². The number of benzene rings is 1. The van der Waals surface area contributed by atoms with Crippen LogP contribution in [0.3, 0.4) is 0 Å². The van der Waals surface area contributed by atoms with Gasteiger partial charge in [0.2, 0.25) is 5.91 Å². The second-order valence-corrected chi connectivity index (χ2v) is 3.87. The molecule has 0 fully saturated rings. The molecular weight excluding hydrogens is 218 g/mol. The number of anilines is 1. The number of primary amides is 1. The zero-order chi connectivity index (χ0) is 12.4. The Bertz CT molecular complexity index is 618. The third kappa shape index (κ3) is 2.28. The normalized spacial score (nSPS) is 12.3. The van der Waals surface area contributed by atoms with Crippen molar-refractivity contribution in [3.05, 3.63) is 40.7 Å². The number of hydrogen-bond donors (Lipinski definition) is 3. The summed E-state index contributed by atoms with van der Waals surface area (Å²) in [5, 5.41) is 4.27. The molecule has 0 radical (unpaired) electrons. The molecule has 0 saturated heterocycles. The number of H-pyrrole nitrogens is 1. The third-order valence-corrected chi connectivity index (χ3v) is 2.55. The maximum absolute atomic E-state index is 11.7. The monoisotopic (exact) mass is 231 g/mol. The van der Waals surface area contributed by atoms with Crippen molar-refractivity contribution in [3.63, 3.8) is 0 Å². The van der Waals surface area contributed by atoms with Crippen molar-refractivity contribution in [2.75, 3.05) is 5.32 Å². The molecule has 0 aliphatic carbocycles. The molecule has 1 aromatic carbocycles. The molecule has 88 valence electrons. The Kier molecular flexibility index (Phi) is 2.82. The van der Waals surface area contributed by atoms with E-state index in [4.69, 9.17) is 5.73 Å². The van der Waals surface area contributed by atoms with Gasteiger partial charge in [-0.05, 0) is 24.4 Å². The van der Waals surface area contributed by atoms with Gasteiger partial charge in [-0.1, -0.05) is 18.2 Å². The first-order chi connectivity index (χ1) is 8.08. The molecule has 5 nitrogen and oxygen atoms in total. The summed E-state index contributed by atoms with van der Waals surface area (Å²) in [6.07, 6.45) is 0. The number of pyridine rings is 1. The smallest absolute Gasteiger partial charge is 0.257 e. The maximum Gasteiger partial charge on any atom is 0.257 e. The number of aromatic nitrogens is 1. The van der Waals surface area contributed by atoms with E-state index in [-0.39, 0.29) is 5.56 Å². The van der Waals surface area contributed by atoms with Crippen LogP contribution in [0.25, 0.3) is 10.8 Å². The third-order valence-electron chi connectivity index (χ3n) is 2.55. The second-order valence-electron chi connectivity index (χ2n) is 3.87. The van der Waals surface area contributed by atoms with Crippen molar-refractivity contribution in [1.82, 2.24) is 4.98 Å². The highest BCUT2D eigenvalue weighted by Gasteiger charge is 2.09. The van der Waals surface area contributed by atoms with Gasteiger partial charge in [0.15, 0.2) is 0 Å². The fraction of sp³-hybridized carbons (Fsp3) is 0.167. The highest BCUT2D eigenvalue weighted by Crippen LogP contribution is 2.13. The Morgan fingerprint density at radius 2 is 2.12 bits per heavy atom. The highest BCUT2D eigenvalue weighted by atomic mass is 16.1. The number of carbonyl (C=O) groups excluding carboxylic acids is 1. The summed E-state index contributed by atoms with van der Waals surface area (Å²) in [5.74, 6) is 0.0130. The molecule has 1 aromatic heterocycles. The number of rotatable bonds is 3. The lowest BCUT2D eigenvalue weighted by Crippen LogP contribution is -2.33. The summed E-state index contributed by atoms with van der Waals surface area (Å²) < 4.78 is 0. The van der Waals surface area contributed by atoms with Crippen LogP contribution in [0.4, 0.5) is 5.82 Å². The van der Waals surface area contributed by atoms with Gasteiger partial charge in [-0.2, -0.15) is 0 Å². The topological polar surface area (TPSA) is 88.0 Å². The molecule has 5 heteroatoms. The van der Waals surface area contributed by atoms with Crippen LogP contribution in [-0.2, 0) is 4.79 Å². The van der Waals surface area contributed by atoms with E-state index < -0.39 is 11.9 Å². The van der Waals surface area contributed by atoms with Crippen LogP contribution in [0.5, 0.6) is 0 Å². The van der Waals surface area contributed by atoms with Gasteiger partial charge >= 0.3 is 0 Å². The molecule has 0 spiro atoms. The van der Waals surface area contributed by atoms with E-state index in [1.54, 1.807) is 25.1 Å². The van der Waals surface area contributed by atoms with E-state index in [1.165, 1.54) is 0 Å². The van der Waals surface area contributed by atoms with Crippen molar-refractivity contribution in [2.24, 2.45) is 5.73 Å². The van der Waals surface area contributed by atoms with Crippen LogP contribution in [0, 0.1) is 0 Å². The lowest BCUT2D eigenvalue weighted by atomic mass is 10.2. The second kappa shape index (κ2) is 4.29. The first-order valence-electron chi connectivity index (χ1n) is 5.26. The SMILES string of the molecule is CC(Nc1cc2ccccc2c(=O)[nH]1)C(N)=O. The van der Waals surface area contributed by atoms with Gasteiger partial charge in [0.25, 0.3) is 5.56 Å². The summed E-state index contributed by atoms with van der Waals surface area (Å²) in [4.78, 5) is 25.3.